The maximum Gasteiger partial charge on any atom is 0.428 e. The van der Waals surface area contributed by atoms with E-state index in [1.165, 1.54) is 31.7 Å². The standard InChI is InChI=1S/C22H34F3N5O4S/c1-4-5-14(8-9-26)20(31)30-10-11-34-13-15(30)12-28-19(33-3)17-7-6-16(35-17)18(27-2)29-21(32)22(23,24)25/h5-9,15,18-19,21,27-29,32H,4,10-13,26H2,1-3H3/b9-8-,14-5+. The number of nitrogens with one attached hydrogen (secondary N) is 3. The second-order valence-electron chi connectivity index (χ2n) is 7.75. The van der Waals surface area contributed by atoms with Gasteiger partial charge in [0.2, 0.25) is 6.23 Å². The number of amides is 1. The molecule has 0 saturated carbocycles. The highest BCUT2D eigenvalue weighted by Gasteiger charge is 2.39. The smallest absolute Gasteiger partial charge is 0.405 e. The van der Waals surface area contributed by atoms with Crippen LogP contribution in [0.2, 0.25) is 0 Å². The Morgan fingerprint density at radius 1 is 1.43 bits per heavy atom. The topological polar surface area (TPSA) is 121 Å². The molecule has 1 aliphatic rings. The van der Waals surface area contributed by atoms with Crippen LogP contribution in [0.25, 0.3) is 0 Å². The minimum Gasteiger partial charge on any atom is -0.405 e. The van der Waals surface area contributed by atoms with Crippen LogP contribution in [0.5, 0.6) is 0 Å². The minimum atomic E-state index is -4.79. The van der Waals surface area contributed by atoms with Gasteiger partial charge in [0.25, 0.3) is 5.91 Å². The van der Waals surface area contributed by atoms with E-state index >= 15 is 0 Å². The van der Waals surface area contributed by atoms with E-state index in [0.717, 1.165) is 4.88 Å². The van der Waals surface area contributed by atoms with E-state index in [9.17, 15) is 23.1 Å². The molecule has 35 heavy (non-hydrogen) atoms. The number of allylic oxidation sites excluding steroid dienone is 1. The molecule has 0 radical (unpaired) electrons. The molecule has 4 atom stereocenters. The van der Waals surface area contributed by atoms with Crippen molar-refractivity contribution in [3.63, 3.8) is 0 Å². The van der Waals surface area contributed by atoms with Crippen LogP contribution in [-0.2, 0) is 14.3 Å². The molecule has 13 heteroatoms. The molecule has 2 heterocycles. The lowest BCUT2D eigenvalue weighted by Gasteiger charge is -2.36. The second-order valence-corrected chi connectivity index (χ2v) is 8.90. The Morgan fingerprint density at radius 2 is 2.14 bits per heavy atom. The summed E-state index contributed by atoms with van der Waals surface area (Å²) >= 11 is 1.23. The van der Waals surface area contributed by atoms with E-state index in [0.29, 0.717) is 43.2 Å². The fourth-order valence-corrected chi connectivity index (χ4v) is 4.71. The number of rotatable bonds is 12. The number of thiophene rings is 1. The van der Waals surface area contributed by atoms with Crippen molar-refractivity contribution < 1.29 is 32.5 Å². The van der Waals surface area contributed by atoms with Gasteiger partial charge in [-0.25, -0.2) is 0 Å². The van der Waals surface area contributed by atoms with Crippen LogP contribution in [0.3, 0.4) is 0 Å². The molecule has 1 aliphatic heterocycles. The Morgan fingerprint density at radius 3 is 2.74 bits per heavy atom. The van der Waals surface area contributed by atoms with Crippen molar-refractivity contribution in [3.8, 4) is 0 Å². The number of nitrogens with two attached hydrogens (primary N) is 1. The highest BCUT2D eigenvalue weighted by atomic mass is 32.1. The zero-order chi connectivity index (χ0) is 26.0. The monoisotopic (exact) mass is 521 g/mol. The summed E-state index contributed by atoms with van der Waals surface area (Å²) in [5.41, 5.74) is 6.01. The van der Waals surface area contributed by atoms with Crippen LogP contribution in [0.1, 0.15) is 35.5 Å². The fourth-order valence-electron chi connectivity index (χ4n) is 3.58. The van der Waals surface area contributed by atoms with Crippen LogP contribution in [0.4, 0.5) is 13.2 Å². The molecule has 0 spiro atoms. The molecule has 0 bridgehead atoms. The van der Waals surface area contributed by atoms with Crippen molar-refractivity contribution in [2.24, 2.45) is 5.73 Å². The van der Waals surface area contributed by atoms with E-state index in [-0.39, 0.29) is 11.9 Å². The molecule has 0 aromatic carbocycles. The first-order valence-electron chi connectivity index (χ1n) is 11.2. The molecule has 1 aromatic heterocycles. The van der Waals surface area contributed by atoms with Crippen LogP contribution in [0, 0.1) is 0 Å². The number of hydrogen-bond acceptors (Lipinski definition) is 9. The summed E-state index contributed by atoms with van der Waals surface area (Å²) in [6, 6.07) is 3.14. The van der Waals surface area contributed by atoms with E-state index in [1.54, 1.807) is 23.1 Å². The van der Waals surface area contributed by atoms with Crippen molar-refractivity contribution in [3.05, 3.63) is 45.8 Å². The van der Waals surface area contributed by atoms with Gasteiger partial charge >= 0.3 is 6.18 Å². The quantitative estimate of drug-likeness (QED) is 0.160. The Bertz CT molecular complexity index is 864. The molecule has 9 nitrogen and oxygen atoms in total. The highest BCUT2D eigenvalue weighted by Crippen LogP contribution is 2.29. The van der Waals surface area contributed by atoms with Gasteiger partial charge in [0.1, 0.15) is 6.23 Å². The van der Waals surface area contributed by atoms with E-state index < -0.39 is 24.8 Å². The molecule has 1 fully saturated rings. The molecule has 1 aromatic rings. The van der Waals surface area contributed by atoms with Gasteiger partial charge in [0.15, 0.2) is 0 Å². The average Bonchev–Trinajstić information content (AvgIpc) is 3.31. The third-order valence-electron chi connectivity index (χ3n) is 5.32. The van der Waals surface area contributed by atoms with Crippen LogP contribution >= 0.6 is 11.3 Å². The van der Waals surface area contributed by atoms with E-state index in [1.807, 2.05) is 13.0 Å². The Hall–Kier alpha value is -2.00. The number of carbonyl (C=O) groups is 1. The molecule has 2 rings (SSSR count). The lowest BCUT2D eigenvalue weighted by Crippen LogP contribution is -2.53. The summed E-state index contributed by atoms with van der Waals surface area (Å²) in [5.74, 6) is -0.137. The third kappa shape index (κ3) is 8.27. The van der Waals surface area contributed by atoms with Crippen molar-refractivity contribution in [2.45, 2.75) is 44.2 Å². The number of ether oxygens (including phenoxy) is 2. The number of aliphatic hydroxyl groups excluding tert-OH is 1. The molecule has 198 valence electrons. The first-order valence-corrected chi connectivity index (χ1v) is 12.0. The third-order valence-corrected chi connectivity index (χ3v) is 6.52. The summed E-state index contributed by atoms with van der Waals surface area (Å²) in [6.45, 7) is 3.51. The summed E-state index contributed by atoms with van der Waals surface area (Å²) in [6.07, 6.45) is -3.51. The summed E-state index contributed by atoms with van der Waals surface area (Å²) < 4.78 is 49.3. The predicted octanol–water partition coefficient (Wildman–Crippen LogP) is 1.71. The van der Waals surface area contributed by atoms with Crippen LogP contribution in [0.15, 0.2) is 36.1 Å². The fraction of sp³-hybridized carbons (Fsp3) is 0.591. The summed E-state index contributed by atoms with van der Waals surface area (Å²) in [4.78, 5) is 16.1. The predicted molar refractivity (Wildman–Crippen MR) is 127 cm³/mol. The van der Waals surface area contributed by atoms with Gasteiger partial charge in [0, 0.05) is 35.5 Å². The van der Waals surface area contributed by atoms with Gasteiger partial charge in [-0.05, 0) is 37.9 Å². The SMILES string of the molecule is CC/C=C(\C=C/N)C(=O)N1CCOCC1CNC(OC)c1ccc(C(NC)NC(O)C(F)(F)F)s1. The zero-order valence-corrected chi connectivity index (χ0v) is 20.8. The molecule has 1 saturated heterocycles. The lowest BCUT2D eigenvalue weighted by molar-refractivity contribution is -0.216. The highest BCUT2D eigenvalue weighted by molar-refractivity contribution is 7.12. The molecular weight excluding hydrogens is 487 g/mol. The molecule has 6 N–H and O–H groups in total. The molecule has 1 amide bonds. The maximum atomic E-state index is 13.1. The van der Waals surface area contributed by atoms with Gasteiger partial charge in [-0.2, -0.15) is 13.2 Å². The molecular formula is C22H34F3N5O4S. The van der Waals surface area contributed by atoms with E-state index in [2.05, 4.69) is 16.0 Å². The maximum absolute atomic E-state index is 13.1. The molecule has 0 aliphatic carbocycles. The largest absolute Gasteiger partial charge is 0.428 e. The van der Waals surface area contributed by atoms with Gasteiger partial charge in [-0.15, -0.1) is 11.3 Å². The van der Waals surface area contributed by atoms with Crippen molar-refractivity contribution in [1.82, 2.24) is 20.9 Å². The zero-order valence-electron chi connectivity index (χ0n) is 20.0. The van der Waals surface area contributed by atoms with Crippen LogP contribution < -0.4 is 21.7 Å². The second kappa shape index (κ2) is 13.9. The lowest BCUT2D eigenvalue weighted by atomic mass is 10.1. The summed E-state index contributed by atoms with van der Waals surface area (Å²) in [7, 11) is 2.99. The van der Waals surface area contributed by atoms with Gasteiger partial charge in [-0.1, -0.05) is 13.0 Å². The van der Waals surface area contributed by atoms with Crippen molar-refractivity contribution in [1.29, 1.82) is 0 Å². The Kier molecular flexibility index (Phi) is 11.6. The van der Waals surface area contributed by atoms with Crippen molar-refractivity contribution in [2.75, 3.05) is 40.5 Å². The molecule has 4 unspecified atom stereocenters. The van der Waals surface area contributed by atoms with Gasteiger partial charge < -0.3 is 30.5 Å². The average molecular weight is 522 g/mol. The number of carbonyl (C=O) groups excluding carboxylic acids is 1. The number of methoxy groups -OCH3 is 1. The number of hydrogen-bond donors (Lipinski definition) is 5. The summed E-state index contributed by atoms with van der Waals surface area (Å²) in [5, 5.41) is 17.4. The Balaban J connectivity index is 2.08. The normalized spacial score (nSPS) is 20.3. The van der Waals surface area contributed by atoms with Gasteiger partial charge in [0.05, 0.1) is 25.4 Å². The van der Waals surface area contributed by atoms with Gasteiger partial charge in [-0.3, -0.25) is 15.4 Å². The van der Waals surface area contributed by atoms with Crippen molar-refractivity contribution >= 4 is 17.2 Å². The Labute approximate surface area is 207 Å². The van der Waals surface area contributed by atoms with E-state index in [4.69, 9.17) is 15.2 Å². The number of aliphatic hydroxyl groups is 1. The van der Waals surface area contributed by atoms with Crippen LogP contribution in [-0.4, -0.2) is 74.8 Å². The number of alkyl halides is 3. The first kappa shape index (κ1) is 29.2. The number of nitrogens with zero attached hydrogens (tertiary/aromatic N) is 1. The number of halogens is 3. The number of morpholine rings is 1. The minimum absolute atomic E-state index is 0.137. The first-order chi connectivity index (χ1) is 16.7.